The van der Waals surface area contributed by atoms with E-state index in [1.54, 1.807) is 12.4 Å². The average Bonchev–Trinajstić information content (AvgIpc) is 3.02. The smallest absolute Gasteiger partial charge is 0.306 e. The molecule has 1 aliphatic rings. The molecule has 8 heteroatoms. The Morgan fingerprint density at radius 1 is 1.15 bits per heavy atom. The minimum absolute atomic E-state index is 0. The van der Waals surface area contributed by atoms with Crippen LogP contribution in [0, 0.1) is 5.92 Å². The highest BCUT2D eigenvalue weighted by Crippen LogP contribution is 2.31. The lowest BCUT2D eigenvalue weighted by Crippen LogP contribution is -2.36. The van der Waals surface area contributed by atoms with Crippen molar-refractivity contribution in [3.05, 3.63) is 47.7 Å². The van der Waals surface area contributed by atoms with Gasteiger partial charge >= 0.3 is 5.97 Å². The third kappa shape index (κ3) is 3.34. The van der Waals surface area contributed by atoms with E-state index >= 15 is 0 Å². The van der Waals surface area contributed by atoms with Gasteiger partial charge in [-0.05, 0) is 43.2 Å². The summed E-state index contributed by atoms with van der Waals surface area (Å²) < 4.78 is 1.86. The summed E-state index contributed by atoms with van der Waals surface area (Å²) in [4.78, 5) is 17.6. The summed E-state index contributed by atoms with van der Waals surface area (Å²) in [6.07, 6.45) is 4.82. The standard InChI is InChI=1S/C18H17ClN4O2.ClH/c19-13-1-3-14(4-2-13)23-16-11-20-8-5-15(16)17(21-23)22-9-6-12(7-10-22)18(24)25;/h1-5,8,11-12H,6-7,9-10H2,(H,24,25);1H. The molecule has 1 aliphatic heterocycles. The van der Waals surface area contributed by atoms with Gasteiger partial charge in [-0.1, -0.05) is 11.6 Å². The maximum atomic E-state index is 11.2. The van der Waals surface area contributed by atoms with Gasteiger partial charge in [-0.25, -0.2) is 4.68 Å². The molecule has 0 unspecified atom stereocenters. The van der Waals surface area contributed by atoms with Crippen LogP contribution in [0.2, 0.25) is 5.02 Å². The third-order valence-electron chi connectivity index (χ3n) is 4.68. The number of benzene rings is 1. The molecule has 4 rings (SSSR count). The highest BCUT2D eigenvalue weighted by molar-refractivity contribution is 6.30. The first-order chi connectivity index (χ1) is 12.1. The molecule has 1 saturated heterocycles. The molecule has 3 aromatic rings. The molecule has 26 heavy (non-hydrogen) atoms. The van der Waals surface area contributed by atoms with Gasteiger partial charge in [0.1, 0.15) is 0 Å². The van der Waals surface area contributed by atoms with Gasteiger partial charge in [-0.15, -0.1) is 17.5 Å². The van der Waals surface area contributed by atoms with Crippen molar-refractivity contribution in [1.82, 2.24) is 14.8 Å². The molecule has 0 spiro atoms. The summed E-state index contributed by atoms with van der Waals surface area (Å²) in [6, 6.07) is 9.45. The topological polar surface area (TPSA) is 71.2 Å². The zero-order valence-corrected chi connectivity index (χ0v) is 15.5. The summed E-state index contributed by atoms with van der Waals surface area (Å²) in [6.45, 7) is 1.37. The molecule has 0 bridgehead atoms. The third-order valence-corrected chi connectivity index (χ3v) is 4.93. The van der Waals surface area contributed by atoms with E-state index in [1.165, 1.54) is 0 Å². The predicted molar refractivity (Wildman–Crippen MR) is 104 cm³/mol. The van der Waals surface area contributed by atoms with Crippen LogP contribution in [-0.2, 0) is 4.79 Å². The number of piperidine rings is 1. The van der Waals surface area contributed by atoms with E-state index in [9.17, 15) is 9.90 Å². The van der Waals surface area contributed by atoms with E-state index in [0.717, 1.165) is 22.4 Å². The van der Waals surface area contributed by atoms with Gasteiger partial charge in [0.05, 0.1) is 23.3 Å². The van der Waals surface area contributed by atoms with E-state index in [2.05, 4.69) is 9.88 Å². The Morgan fingerprint density at radius 3 is 2.50 bits per heavy atom. The lowest BCUT2D eigenvalue weighted by Gasteiger charge is -2.30. The van der Waals surface area contributed by atoms with E-state index in [1.807, 2.05) is 35.0 Å². The molecule has 1 aromatic carbocycles. The maximum absolute atomic E-state index is 11.2. The fourth-order valence-corrected chi connectivity index (χ4v) is 3.42. The second-order valence-corrected chi connectivity index (χ2v) is 6.64. The molecule has 136 valence electrons. The Kier molecular flexibility index (Phi) is 5.34. The Morgan fingerprint density at radius 2 is 1.85 bits per heavy atom. The number of carboxylic acids is 1. The van der Waals surface area contributed by atoms with Gasteiger partial charge in [0, 0.05) is 29.7 Å². The molecule has 1 N–H and O–H groups in total. The highest BCUT2D eigenvalue weighted by atomic mass is 35.5. The number of aromatic nitrogens is 3. The van der Waals surface area contributed by atoms with Gasteiger partial charge in [0.25, 0.3) is 0 Å². The van der Waals surface area contributed by atoms with Crippen LogP contribution >= 0.6 is 24.0 Å². The van der Waals surface area contributed by atoms with Crippen molar-refractivity contribution in [2.45, 2.75) is 12.8 Å². The van der Waals surface area contributed by atoms with Crippen LogP contribution < -0.4 is 4.90 Å². The quantitative estimate of drug-likeness (QED) is 0.733. The van der Waals surface area contributed by atoms with Crippen molar-refractivity contribution in [1.29, 1.82) is 0 Å². The molecule has 1 fully saturated rings. The van der Waals surface area contributed by atoms with E-state index in [0.29, 0.717) is 31.0 Å². The lowest BCUT2D eigenvalue weighted by atomic mass is 9.97. The Labute approximate surface area is 161 Å². The van der Waals surface area contributed by atoms with Crippen LogP contribution in [0.15, 0.2) is 42.7 Å². The van der Waals surface area contributed by atoms with Crippen LogP contribution in [-0.4, -0.2) is 38.9 Å². The molecule has 6 nitrogen and oxygen atoms in total. The minimum Gasteiger partial charge on any atom is -0.481 e. The van der Waals surface area contributed by atoms with Crippen LogP contribution in [0.5, 0.6) is 0 Å². The zero-order chi connectivity index (χ0) is 17.4. The predicted octanol–water partition coefficient (Wildman–Crippen LogP) is 3.80. The number of aliphatic carboxylic acids is 1. The SMILES string of the molecule is Cl.O=C(O)C1CCN(c2nn(-c3ccc(Cl)cc3)c3cnccc23)CC1. The molecule has 0 aliphatic carbocycles. The number of fused-ring (bicyclic) bond motifs is 1. The van der Waals surface area contributed by atoms with E-state index in [-0.39, 0.29) is 18.3 Å². The molecule has 3 heterocycles. The Balaban J connectivity index is 0.00000196. The van der Waals surface area contributed by atoms with Gasteiger partial charge in [-0.3, -0.25) is 9.78 Å². The number of nitrogens with zero attached hydrogens (tertiary/aromatic N) is 4. The molecule has 0 amide bonds. The number of rotatable bonds is 3. The van der Waals surface area contributed by atoms with E-state index < -0.39 is 5.97 Å². The molecule has 2 aromatic heterocycles. The van der Waals surface area contributed by atoms with Gasteiger partial charge in [0.15, 0.2) is 5.82 Å². The van der Waals surface area contributed by atoms with E-state index in [4.69, 9.17) is 16.7 Å². The first kappa shape index (κ1) is 18.5. The van der Waals surface area contributed by atoms with Crippen LogP contribution in [0.25, 0.3) is 16.6 Å². The molecule has 0 radical (unpaired) electrons. The van der Waals surface area contributed by atoms with Crippen molar-refractivity contribution in [3.8, 4) is 5.69 Å². The summed E-state index contributed by atoms with van der Waals surface area (Å²) in [5, 5.41) is 15.7. The fourth-order valence-electron chi connectivity index (χ4n) is 3.30. The second-order valence-electron chi connectivity index (χ2n) is 6.20. The van der Waals surface area contributed by atoms with Crippen LogP contribution in [0.1, 0.15) is 12.8 Å². The maximum Gasteiger partial charge on any atom is 0.306 e. The Bertz CT molecular complexity index is 919. The van der Waals surface area contributed by atoms with Gasteiger partial charge < -0.3 is 10.0 Å². The largest absolute Gasteiger partial charge is 0.481 e. The zero-order valence-electron chi connectivity index (χ0n) is 13.9. The minimum atomic E-state index is -0.708. The number of halogens is 2. The van der Waals surface area contributed by atoms with Crippen molar-refractivity contribution in [2.75, 3.05) is 18.0 Å². The van der Waals surface area contributed by atoms with Crippen molar-refractivity contribution in [2.24, 2.45) is 5.92 Å². The molecular formula is C18H18Cl2N4O2. The van der Waals surface area contributed by atoms with Crippen LogP contribution in [0.3, 0.4) is 0 Å². The molecule has 0 atom stereocenters. The van der Waals surface area contributed by atoms with Crippen molar-refractivity contribution in [3.63, 3.8) is 0 Å². The van der Waals surface area contributed by atoms with Crippen molar-refractivity contribution >= 4 is 46.7 Å². The number of hydrogen-bond donors (Lipinski definition) is 1. The van der Waals surface area contributed by atoms with Gasteiger partial charge in [0.2, 0.25) is 0 Å². The lowest BCUT2D eigenvalue weighted by molar-refractivity contribution is -0.142. The first-order valence-electron chi connectivity index (χ1n) is 8.20. The first-order valence-corrected chi connectivity index (χ1v) is 8.58. The van der Waals surface area contributed by atoms with Crippen molar-refractivity contribution < 1.29 is 9.90 Å². The summed E-state index contributed by atoms with van der Waals surface area (Å²) in [7, 11) is 0. The number of carbonyl (C=O) groups is 1. The molecule has 0 saturated carbocycles. The number of carboxylic acid groups (broad SMARTS) is 1. The number of pyridine rings is 1. The average molecular weight is 393 g/mol. The molecular weight excluding hydrogens is 375 g/mol. The number of hydrogen-bond acceptors (Lipinski definition) is 4. The van der Waals surface area contributed by atoms with Gasteiger partial charge in [-0.2, -0.15) is 0 Å². The number of anilines is 1. The Hall–Kier alpha value is -2.31. The highest BCUT2D eigenvalue weighted by Gasteiger charge is 2.27. The summed E-state index contributed by atoms with van der Waals surface area (Å²) >= 11 is 5.99. The fraction of sp³-hybridized carbons (Fsp3) is 0.278. The normalized spacial score (nSPS) is 15.0. The summed E-state index contributed by atoms with van der Waals surface area (Å²) in [5.74, 6) is -0.0980. The monoisotopic (exact) mass is 392 g/mol. The summed E-state index contributed by atoms with van der Waals surface area (Å²) in [5.41, 5.74) is 1.83. The van der Waals surface area contributed by atoms with Crippen LogP contribution in [0.4, 0.5) is 5.82 Å². The second kappa shape index (κ2) is 7.51.